The molecule has 14 heavy (non-hydrogen) atoms. The fraction of sp³-hybridized carbons (Fsp3) is 0.222. The Hall–Kier alpha value is -1.00. The molecule has 0 aromatic heterocycles. The zero-order chi connectivity index (χ0) is 10.6. The maximum absolute atomic E-state index is 12.9. The summed E-state index contributed by atoms with van der Waals surface area (Å²) in [6, 6.07) is 3.48. The van der Waals surface area contributed by atoms with Crippen LogP contribution >= 0.6 is 11.6 Å². The maximum Gasteiger partial charge on any atom is 0.247 e. The summed E-state index contributed by atoms with van der Waals surface area (Å²) in [6.45, 7) is -0.674. The van der Waals surface area contributed by atoms with Gasteiger partial charge in [0.2, 0.25) is 5.24 Å². The van der Waals surface area contributed by atoms with Gasteiger partial charge in [-0.25, -0.2) is 8.78 Å². The van der Waals surface area contributed by atoms with Crippen molar-refractivity contribution in [1.29, 1.82) is 0 Å². The molecule has 0 amide bonds. The smallest absolute Gasteiger partial charge is 0.247 e. The third kappa shape index (κ3) is 3.05. The van der Waals surface area contributed by atoms with Crippen molar-refractivity contribution >= 4 is 16.8 Å². The summed E-state index contributed by atoms with van der Waals surface area (Å²) in [5.74, 6) is -1.40. The molecule has 0 saturated carbocycles. The standard InChI is InChI=1S/C9H7ClF2O2/c10-9(13)5-14-4-6-7(11)2-1-3-8(6)12/h1-3H,4-5H2. The average Bonchev–Trinajstić information content (AvgIpc) is 2.09. The number of benzene rings is 1. The number of carbonyl (C=O) groups excluding carboxylic acids is 1. The quantitative estimate of drug-likeness (QED) is 0.728. The molecule has 0 spiro atoms. The molecular formula is C9H7ClF2O2. The van der Waals surface area contributed by atoms with Crippen molar-refractivity contribution in [1.82, 2.24) is 0 Å². The monoisotopic (exact) mass is 220 g/mol. The van der Waals surface area contributed by atoms with Gasteiger partial charge in [0.1, 0.15) is 18.2 Å². The van der Waals surface area contributed by atoms with E-state index in [9.17, 15) is 13.6 Å². The van der Waals surface area contributed by atoms with Crippen LogP contribution in [0, 0.1) is 11.6 Å². The van der Waals surface area contributed by atoms with Crippen LogP contribution in [-0.4, -0.2) is 11.8 Å². The van der Waals surface area contributed by atoms with E-state index < -0.39 is 16.9 Å². The lowest BCUT2D eigenvalue weighted by molar-refractivity contribution is -0.116. The van der Waals surface area contributed by atoms with Crippen LogP contribution in [0.5, 0.6) is 0 Å². The second-order valence-electron chi connectivity index (χ2n) is 2.55. The number of carbonyl (C=O) groups is 1. The molecule has 0 atom stereocenters. The third-order valence-corrected chi connectivity index (χ3v) is 1.63. The van der Waals surface area contributed by atoms with E-state index in [0.29, 0.717) is 0 Å². The first-order chi connectivity index (χ1) is 6.61. The normalized spacial score (nSPS) is 10.2. The van der Waals surface area contributed by atoms with E-state index in [-0.39, 0.29) is 18.8 Å². The van der Waals surface area contributed by atoms with Crippen molar-refractivity contribution < 1.29 is 18.3 Å². The van der Waals surface area contributed by atoms with Crippen LogP contribution in [0.3, 0.4) is 0 Å². The largest absolute Gasteiger partial charge is 0.367 e. The van der Waals surface area contributed by atoms with E-state index in [0.717, 1.165) is 12.1 Å². The fourth-order valence-corrected chi connectivity index (χ4v) is 0.981. The summed E-state index contributed by atoms with van der Waals surface area (Å²) >= 11 is 4.97. The molecule has 0 saturated heterocycles. The van der Waals surface area contributed by atoms with E-state index in [1.807, 2.05) is 0 Å². The molecule has 0 aliphatic heterocycles. The molecule has 1 rings (SSSR count). The SMILES string of the molecule is O=C(Cl)COCc1c(F)cccc1F. The molecule has 0 bridgehead atoms. The first-order valence-electron chi connectivity index (χ1n) is 3.80. The predicted octanol–water partition coefficient (Wildman–Crippen LogP) is 2.25. The molecule has 2 nitrogen and oxygen atoms in total. The summed E-state index contributed by atoms with van der Waals surface area (Å²) in [5, 5.41) is -0.707. The van der Waals surface area contributed by atoms with Gasteiger partial charge < -0.3 is 4.74 Å². The van der Waals surface area contributed by atoms with Crippen LogP contribution < -0.4 is 0 Å². The summed E-state index contributed by atoms with van der Waals surface area (Å²) in [4.78, 5) is 10.3. The van der Waals surface area contributed by atoms with E-state index in [4.69, 9.17) is 11.6 Å². The van der Waals surface area contributed by atoms with E-state index in [1.165, 1.54) is 6.07 Å². The molecule has 0 heterocycles. The van der Waals surface area contributed by atoms with Crippen LogP contribution in [0.15, 0.2) is 18.2 Å². The van der Waals surface area contributed by atoms with Crippen molar-refractivity contribution in [2.45, 2.75) is 6.61 Å². The first-order valence-corrected chi connectivity index (χ1v) is 4.18. The molecule has 76 valence electrons. The Bertz CT molecular complexity index is 321. The highest BCUT2D eigenvalue weighted by molar-refractivity contribution is 6.63. The molecule has 1 aromatic rings. The van der Waals surface area contributed by atoms with Gasteiger partial charge in [-0.2, -0.15) is 0 Å². The fourth-order valence-electron chi connectivity index (χ4n) is 0.904. The summed E-state index contributed by atoms with van der Waals surface area (Å²) in [7, 11) is 0. The highest BCUT2D eigenvalue weighted by Gasteiger charge is 2.08. The van der Waals surface area contributed by atoms with Crippen molar-refractivity contribution in [3.05, 3.63) is 35.4 Å². The number of halogens is 3. The van der Waals surface area contributed by atoms with Gasteiger partial charge in [0.25, 0.3) is 0 Å². The zero-order valence-corrected chi connectivity index (χ0v) is 7.85. The molecule has 0 fully saturated rings. The lowest BCUT2D eigenvalue weighted by Gasteiger charge is -2.04. The van der Waals surface area contributed by atoms with Crippen LogP contribution in [0.4, 0.5) is 8.78 Å². The molecule has 0 radical (unpaired) electrons. The van der Waals surface area contributed by atoms with Crippen LogP contribution in [0.2, 0.25) is 0 Å². The van der Waals surface area contributed by atoms with Crippen LogP contribution in [0.1, 0.15) is 5.56 Å². The second kappa shape index (κ2) is 5.02. The number of ether oxygens (including phenoxy) is 1. The summed E-state index contributed by atoms with van der Waals surface area (Å²) in [5.41, 5.74) is -0.203. The van der Waals surface area contributed by atoms with Gasteiger partial charge in [0.15, 0.2) is 0 Å². The van der Waals surface area contributed by atoms with Gasteiger partial charge in [0, 0.05) is 5.56 Å². The zero-order valence-electron chi connectivity index (χ0n) is 7.10. The Morgan fingerprint density at radius 3 is 2.43 bits per heavy atom. The van der Waals surface area contributed by atoms with Crippen LogP contribution in [-0.2, 0) is 16.1 Å². The highest BCUT2D eigenvalue weighted by Crippen LogP contribution is 2.12. The highest BCUT2D eigenvalue weighted by atomic mass is 35.5. The van der Waals surface area contributed by atoms with Gasteiger partial charge in [-0.3, -0.25) is 4.79 Å². The van der Waals surface area contributed by atoms with E-state index in [1.54, 1.807) is 0 Å². The second-order valence-corrected chi connectivity index (χ2v) is 2.97. The first kappa shape index (κ1) is 11.1. The topological polar surface area (TPSA) is 26.3 Å². The lowest BCUT2D eigenvalue weighted by Crippen LogP contribution is -2.04. The van der Waals surface area contributed by atoms with Crippen molar-refractivity contribution in [3.8, 4) is 0 Å². The molecule has 1 aromatic carbocycles. The van der Waals surface area contributed by atoms with Gasteiger partial charge in [-0.1, -0.05) is 6.07 Å². The maximum atomic E-state index is 12.9. The third-order valence-electron chi connectivity index (χ3n) is 1.52. The molecule has 5 heteroatoms. The van der Waals surface area contributed by atoms with Gasteiger partial charge in [-0.05, 0) is 23.7 Å². The Morgan fingerprint density at radius 2 is 1.93 bits per heavy atom. The van der Waals surface area contributed by atoms with Gasteiger partial charge >= 0.3 is 0 Å². The molecular weight excluding hydrogens is 214 g/mol. The van der Waals surface area contributed by atoms with Crippen molar-refractivity contribution in [2.24, 2.45) is 0 Å². The molecule has 0 aliphatic rings. The van der Waals surface area contributed by atoms with E-state index >= 15 is 0 Å². The minimum Gasteiger partial charge on any atom is -0.367 e. The Labute approximate surface area is 84.4 Å². The summed E-state index contributed by atoms with van der Waals surface area (Å²) in [6.07, 6.45) is 0. The predicted molar refractivity (Wildman–Crippen MR) is 46.9 cm³/mol. The van der Waals surface area contributed by atoms with Crippen molar-refractivity contribution in [3.63, 3.8) is 0 Å². The Balaban J connectivity index is 2.62. The minimum absolute atomic E-state index is 0.203. The Kier molecular flexibility index (Phi) is 3.98. The van der Waals surface area contributed by atoms with Gasteiger partial charge in [0.05, 0.1) is 6.61 Å². The average molecular weight is 221 g/mol. The number of rotatable bonds is 4. The van der Waals surface area contributed by atoms with Crippen LogP contribution in [0.25, 0.3) is 0 Å². The molecule has 0 unspecified atom stereocenters. The lowest BCUT2D eigenvalue weighted by atomic mass is 10.2. The minimum atomic E-state index is -0.707. The van der Waals surface area contributed by atoms with Gasteiger partial charge in [-0.15, -0.1) is 0 Å². The van der Waals surface area contributed by atoms with Crippen molar-refractivity contribution in [2.75, 3.05) is 6.61 Å². The molecule has 0 N–H and O–H groups in total. The summed E-state index contributed by atoms with van der Waals surface area (Å²) < 4.78 is 30.6. The Morgan fingerprint density at radius 1 is 1.36 bits per heavy atom. The number of hydrogen-bond donors (Lipinski definition) is 0. The van der Waals surface area contributed by atoms with E-state index in [2.05, 4.69) is 4.74 Å². The number of hydrogen-bond acceptors (Lipinski definition) is 2. The molecule has 0 aliphatic carbocycles.